The van der Waals surface area contributed by atoms with Crippen LogP contribution in [0, 0.1) is 0 Å². The molecule has 1 aliphatic rings. The molecule has 4 atom stereocenters. The van der Waals surface area contributed by atoms with E-state index in [0.717, 1.165) is 11.3 Å². The molecule has 6 nitrogen and oxygen atoms in total. The number of hydrogen-bond acceptors (Lipinski definition) is 7. The van der Waals surface area contributed by atoms with Crippen molar-refractivity contribution < 1.29 is 20.1 Å². The van der Waals surface area contributed by atoms with Gasteiger partial charge in [-0.1, -0.05) is 0 Å². The van der Waals surface area contributed by atoms with Crippen LogP contribution in [0.15, 0.2) is 42.9 Å². The van der Waals surface area contributed by atoms with E-state index in [1.165, 1.54) is 11.8 Å². The van der Waals surface area contributed by atoms with Crippen LogP contribution in [0.25, 0.3) is 11.3 Å². The summed E-state index contributed by atoms with van der Waals surface area (Å²) in [4.78, 5) is 8.35. The molecule has 2 aromatic rings. The monoisotopic (exact) mass is 320 g/mol. The Morgan fingerprint density at radius 3 is 2.64 bits per heavy atom. The van der Waals surface area contributed by atoms with Gasteiger partial charge in [0.25, 0.3) is 0 Å². The normalized spacial score (nSPS) is 28.3. The van der Waals surface area contributed by atoms with Crippen molar-refractivity contribution in [1.82, 2.24) is 9.97 Å². The molecule has 0 amide bonds. The second kappa shape index (κ2) is 6.62. The third kappa shape index (κ3) is 3.22. The highest BCUT2D eigenvalue weighted by atomic mass is 32.2. The maximum Gasteiger partial charge on any atom is 0.173 e. The van der Waals surface area contributed by atoms with Gasteiger partial charge in [0.1, 0.15) is 18.0 Å². The van der Waals surface area contributed by atoms with Crippen molar-refractivity contribution in [1.29, 1.82) is 0 Å². The average Bonchev–Trinajstić information content (AvgIpc) is 2.57. The van der Waals surface area contributed by atoms with Crippen LogP contribution in [0.1, 0.15) is 0 Å². The zero-order chi connectivity index (χ0) is 15.5. The number of aromatic nitrogens is 2. The van der Waals surface area contributed by atoms with E-state index < -0.39 is 23.7 Å². The van der Waals surface area contributed by atoms with Gasteiger partial charge in [-0.15, -0.1) is 11.8 Å². The van der Waals surface area contributed by atoms with E-state index in [0.29, 0.717) is 11.5 Å². The fourth-order valence-electron chi connectivity index (χ4n) is 2.15. The number of rotatable bonds is 3. The lowest BCUT2D eigenvalue weighted by Crippen LogP contribution is -2.50. The van der Waals surface area contributed by atoms with Gasteiger partial charge in [0.05, 0.1) is 18.0 Å². The highest BCUT2D eigenvalue weighted by Gasteiger charge is 2.38. The molecule has 1 fully saturated rings. The predicted octanol–water partition coefficient (Wildman–Crippen LogP) is 0.678. The number of hydrogen-bond donors (Lipinski definition) is 3. The fourth-order valence-corrected chi connectivity index (χ4v) is 3.27. The van der Waals surface area contributed by atoms with E-state index in [2.05, 4.69) is 9.97 Å². The maximum atomic E-state index is 9.92. The van der Waals surface area contributed by atoms with Gasteiger partial charge in [0, 0.05) is 23.7 Å². The molecule has 3 N–H and O–H groups in total. The molecule has 0 aliphatic carbocycles. The van der Waals surface area contributed by atoms with E-state index in [-0.39, 0.29) is 0 Å². The van der Waals surface area contributed by atoms with Crippen molar-refractivity contribution in [3.8, 4) is 17.0 Å². The Balaban J connectivity index is 1.69. The van der Waals surface area contributed by atoms with Gasteiger partial charge in [0.2, 0.25) is 0 Å². The topological polar surface area (TPSA) is 95.7 Å². The van der Waals surface area contributed by atoms with Crippen molar-refractivity contribution >= 4 is 11.8 Å². The molecule has 0 radical (unpaired) electrons. The first-order chi connectivity index (χ1) is 10.6. The number of ether oxygens (including phenoxy) is 1. The second-order valence-electron chi connectivity index (χ2n) is 4.99. The lowest BCUT2D eigenvalue weighted by atomic mass is 10.1. The van der Waals surface area contributed by atoms with Crippen LogP contribution in [0.5, 0.6) is 5.75 Å². The summed E-state index contributed by atoms with van der Waals surface area (Å²) in [5, 5.41) is 29.1. The molecule has 0 aromatic carbocycles. The smallest absolute Gasteiger partial charge is 0.173 e. The number of thioether (sulfide) groups is 1. The molecule has 3 rings (SSSR count). The molecule has 7 heteroatoms. The van der Waals surface area contributed by atoms with Crippen molar-refractivity contribution in [3.05, 3.63) is 42.9 Å². The first-order valence-corrected chi connectivity index (χ1v) is 7.89. The van der Waals surface area contributed by atoms with Crippen LogP contribution >= 0.6 is 11.8 Å². The van der Waals surface area contributed by atoms with Gasteiger partial charge in [-0.05, 0) is 24.3 Å². The van der Waals surface area contributed by atoms with Crippen molar-refractivity contribution in [2.75, 3.05) is 5.75 Å². The van der Waals surface area contributed by atoms with Crippen molar-refractivity contribution in [3.63, 3.8) is 0 Å². The van der Waals surface area contributed by atoms with Gasteiger partial charge < -0.3 is 20.1 Å². The summed E-state index contributed by atoms with van der Waals surface area (Å²) in [6.07, 6.45) is 1.70. The van der Waals surface area contributed by atoms with Crippen molar-refractivity contribution in [2.24, 2.45) is 0 Å². The number of aliphatic hydroxyl groups is 3. The Morgan fingerprint density at radius 1 is 1.09 bits per heavy atom. The minimum atomic E-state index is -1.20. The average molecular weight is 320 g/mol. The Kier molecular flexibility index (Phi) is 4.58. The highest BCUT2D eigenvalue weighted by molar-refractivity contribution is 7.99. The summed E-state index contributed by atoms with van der Waals surface area (Å²) < 4.78 is 5.64. The van der Waals surface area contributed by atoms with Crippen LogP contribution in [-0.4, -0.2) is 54.8 Å². The van der Waals surface area contributed by atoms with Gasteiger partial charge in [-0.2, -0.15) is 0 Å². The first-order valence-electron chi connectivity index (χ1n) is 6.84. The maximum absolute atomic E-state index is 9.92. The number of pyridine rings is 2. The highest BCUT2D eigenvalue weighted by Crippen LogP contribution is 2.29. The molecule has 0 unspecified atom stereocenters. The van der Waals surface area contributed by atoms with Gasteiger partial charge >= 0.3 is 0 Å². The fraction of sp³-hybridized carbons (Fsp3) is 0.333. The molecular weight excluding hydrogens is 304 g/mol. The Morgan fingerprint density at radius 2 is 1.95 bits per heavy atom. The van der Waals surface area contributed by atoms with Crippen molar-refractivity contribution in [2.45, 2.75) is 23.7 Å². The molecule has 0 saturated carbocycles. The number of aliphatic hydroxyl groups excluding tert-OH is 3. The summed E-state index contributed by atoms with van der Waals surface area (Å²) in [6, 6.07) is 7.30. The lowest BCUT2D eigenvalue weighted by molar-refractivity contribution is -0.0786. The third-order valence-corrected chi connectivity index (χ3v) is 4.64. The molecule has 0 bridgehead atoms. The Bertz CT molecular complexity index is 611. The van der Waals surface area contributed by atoms with E-state index in [9.17, 15) is 15.3 Å². The SMILES string of the molecule is O[C@@H]1[C@@H](O)[C@H](Oc2ccc(-c3cccnc3)nc2)SC[C@H]1O. The van der Waals surface area contributed by atoms with Gasteiger partial charge in [-0.25, -0.2) is 0 Å². The summed E-state index contributed by atoms with van der Waals surface area (Å²) >= 11 is 1.26. The molecule has 0 spiro atoms. The second-order valence-corrected chi connectivity index (χ2v) is 6.12. The van der Waals surface area contributed by atoms with E-state index >= 15 is 0 Å². The molecule has 3 heterocycles. The van der Waals surface area contributed by atoms with Crippen LogP contribution in [0.4, 0.5) is 0 Å². The number of nitrogens with zero attached hydrogens (tertiary/aromatic N) is 2. The summed E-state index contributed by atoms with van der Waals surface area (Å²) in [6.45, 7) is 0. The van der Waals surface area contributed by atoms with E-state index in [1.807, 2.05) is 12.1 Å². The minimum absolute atomic E-state index is 0.310. The minimum Gasteiger partial charge on any atom is -0.475 e. The predicted molar refractivity (Wildman–Crippen MR) is 82.4 cm³/mol. The Hall–Kier alpha value is -1.67. The summed E-state index contributed by atoms with van der Waals surface area (Å²) in [5.41, 5.74) is 1.04. The molecule has 22 heavy (non-hydrogen) atoms. The standard InChI is InChI=1S/C15H16N2O4S/c18-12-8-22-15(14(20)13(12)19)21-10-3-4-11(17-7-10)9-2-1-5-16-6-9/h1-7,12-15,18-20H,8H2/t12-,13+,14-,15-/m1/s1. The van der Waals surface area contributed by atoms with E-state index in [4.69, 9.17) is 4.74 Å². The largest absolute Gasteiger partial charge is 0.475 e. The molecule has 1 saturated heterocycles. The molecule has 1 aliphatic heterocycles. The van der Waals surface area contributed by atoms with Gasteiger partial charge in [0.15, 0.2) is 5.44 Å². The zero-order valence-electron chi connectivity index (χ0n) is 11.6. The molecular formula is C15H16N2O4S. The quantitative estimate of drug-likeness (QED) is 0.765. The molecule has 2 aromatic heterocycles. The van der Waals surface area contributed by atoms with E-state index in [1.54, 1.807) is 30.7 Å². The van der Waals surface area contributed by atoms with Crippen LogP contribution in [0.2, 0.25) is 0 Å². The first kappa shape index (κ1) is 15.2. The Labute approximate surface area is 131 Å². The zero-order valence-corrected chi connectivity index (χ0v) is 12.4. The summed E-state index contributed by atoms with van der Waals surface area (Å²) in [7, 11) is 0. The lowest BCUT2D eigenvalue weighted by Gasteiger charge is -2.34. The summed E-state index contributed by atoms with van der Waals surface area (Å²) in [5.74, 6) is 0.803. The van der Waals surface area contributed by atoms with Crippen LogP contribution in [0.3, 0.4) is 0 Å². The third-order valence-electron chi connectivity index (χ3n) is 3.40. The van der Waals surface area contributed by atoms with Gasteiger partial charge in [-0.3, -0.25) is 9.97 Å². The van der Waals surface area contributed by atoms with Crippen LogP contribution in [-0.2, 0) is 0 Å². The molecule has 116 valence electrons. The van der Waals surface area contributed by atoms with Crippen LogP contribution < -0.4 is 4.74 Å².